The van der Waals surface area contributed by atoms with Crippen molar-refractivity contribution in [2.75, 3.05) is 20.1 Å². The minimum absolute atomic E-state index is 0.0862. The summed E-state index contributed by atoms with van der Waals surface area (Å²) in [5, 5.41) is 0.106. The van der Waals surface area contributed by atoms with Gasteiger partial charge in [0.2, 0.25) is 15.9 Å². The van der Waals surface area contributed by atoms with Gasteiger partial charge in [-0.2, -0.15) is 4.31 Å². The lowest BCUT2D eigenvalue weighted by atomic mass is 10.2. The van der Waals surface area contributed by atoms with Crippen LogP contribution in [0.3, 0.4) is 0 Å². The van der Waals surface area contributed by atoms with Gasteiger partial charge < -0.3 is 4.90 Å². The van der Waals surface area contributed by atoms with Crippen LogP contribution < -0.4 is 0 Å². The molecule has 1 amide bonds. The highest BCUT2D eigenvalue weighted by Gasteiger charge is 2.39. The van der Waals surface area contributed by atoms with Crippen molar-refractivity contribution in [2.45, 2.75) is 22.4 Å². The molecule has 1 aliphatic heterocycles. The number of rotatable bonds is 6. The predicted molar refractivity (Wildman–Crippen MR) is 119 cm³/mol. The lowest BCUT2D eigenvalue weighted by molar-refractivity contribution is -0.129. The monoisotopic (exact) mass is 459 g/mol. The topological polar surface area (TPSA) is 70.6 Å². The number of halogens is 1. The first-order chi connectivity index (χ1) is 14.8. The van der Waals surface area contributed by atoms with Crippen LogP contribution >= 0.6 is 11.8 Å². The molecule has 3 aromatic rings. The summed E-state index contributed by atoms with van der Waals surface area (Å²) in [5.41, 5.74) is 1.10. The molecule has 1 fully saturated rings. The third-order valence-corrected chi connectivity index (χ3v) is 8.60. The fourth-order valence-electron chi connectivity index (χ4n) is 3.64. The summed E-state index contributed by atoms with van der Waals surface area (Å²) >= 11 is 1.43. The van der Waals surface area contributed by atoms with E-state index in [4.69, 9.17) is 0 Å². The number of amides is 1. The van der Waals surface area contributed by atoms with Crippen LogP contribution in [0.25, 0.3) is 10.9 Å². The highest BCUT2D eigenvalue weighted by Crippen LogP contribution is 2.42. The minimum atomic E-state index is -3.81. The van der Waals surface area contributed by atoms with Crippen molar-refractivity contribution in [3.63, 3.8) is 0 Å². The van der Waals surface area contributed by atoms with E-state index in [0.717, 1.165) is 5.39 Å². The second-order valence-electron chi connectivity index (χ2n) is 7.38. The van der Waals surface area contributed by atoms with Gasteiger partial charge in [0.05, 0.1) is 10.8 Å². The Hall–Kier alpha value is -2.49. The lowest BCUT2D eigenvalue weighted by Gasteiger charge is -2.27. The Morgan fingerprint density at radius 1 is 1.16 bits per heavy atom. The van der Waals surface area contributed by atoms with Crippen LogP contribution in [0.15, 0.2) is 65.7 Å². The standard InChI is InChI=1S/C22H22FN3O3S2/c1-15-21(27)26(22(30-15)17-7-3-9-18(23)14-17)13-12-25(2)31(28,29)19-10-4-6-16-8-5-11-24-20(16)19/h3-11,14-15,22H,12-13H2,1-2H3. The number of carbonyl (C=O) groups excluding carboxylic acids is 1. The number of hydrogen-bond acceptors (Lipinski definition) is 5. The Balaban J connectivity index is 1.56. The summed E-state index contributed by atoms with van der Waals surface area (Å²) in [5.74, 6) is -0.454. The zero-order chi connectivity index (χ0) is 22.2. The third-order valence-electron chi connectivity index (χ3n) is 5.32. The van der Waals surface area contributed by atoms with Crippen LogP contribution in [-0.4, -0.2) is 53.9 Å². The normalized spacial score (nSPS) is 19.5. The molecule has 162 valence electrons. The Labute approximate surface area is 185 Å². The van der Waals surface area contributed by atoms with Gasteiger partial charge in [0.1, 0.15) is 16.1 Å². The van der Waals surface area contributed by atoms with Crippen molar-refractivity contribution in [3.05, 3.63) is 72.2 Å². The molecule has 1 aliphatic rings. The van der Waals surface area contributed by atoms with E-state index in [1.807, 2.05) is 19.1 Å². The van der Waals surface area contributed by atoms with Gasteiger partial charge in [0.15, 0.2) is 0 Å². The molecule has 31 heavy (non-hydrogen) atoms. The highest BCUT2D eigenvalue weighted by atomic mass is 32.2. The summed E-state index contributed by atoms with van der Waals surface area (Å²) in [4.78, 5) is 18.7. The first-order valence-electron chi connectivity index (χ1n) is 9.80. The fourth-order valence-corrected chi connectivity index (χ4v) is 6.26. The summed E-state index contributed by atoms with van der Waals surface area (Å²) in [7, 11) is -2.32. The number of carbonyl (C=O) groups is 1. The number of fused-ring (bicyclic) bond motifs is 1. The molecule has 2 heterocycles. The molecule has 1 aromatic heterocycles. The van der Waals surface area contributed by atoms with Gasteiger partial charge >= 0.3 is 0 Å². The summed E-state index contributed by atoms with van der Waals surface area (Å²) in [6.07, 6.45) is 1.56. The van der Waals surface area contributed by atoms with Crippen molar-refractivity contribution in [2.24, 2.45) is 0 Å². The Bertz CT molecular complexity index is 1230. The first-order valence-corrected chi connectivity index (χ1v) is 12.2. The van der Waals surface area contributed by atoms with Gasteiger partial charge in [-0.15, -0.1) is 11.8 Å². The Morgan fingerprint density at radius 2 is 1.90 bits per heavy atom. The van der Waals surface area contributed by atoms with Crippen LogP contribution in [0.1, 0.15) is 17.9 Å². The first kappa shape index (κ1) is 21.7. The molecule has 0 aliphatic carbocycles. The number of para-hydroxylation sites is 1. The molecule has 0 saturated carbocycles. The van der Waals surface area contributed by atoms with Crippen molar-refractivity contribution >= 4 is 38.6 Å². The molecule has 9 heteroatoms. The fraction of sp³-hybridized carbons (Fsp3) is 0.273. The molecule has 0 bridgehead atoms. The molecular formula is C22H22FN3O3S2. The van der Waals surface area contributed by atoms with Crippen molar-refractivity contribution in [3.8, 4) is 0 Å². The smallest absolute Gasteiger partial charge is 0.245 e. The molecule has 1 saturated heterocycles. The zero-order valence-corrected chi connectivity index (χ0v) is 18.7. The van der Waals surface area contributed by atoms with Crippen molar-refractivity contribution in [1.82, 2.24) is 14.2 Å². The van der Waals surface area contributed by atoms with Gasteiger partial charge in [-0.05, 0) is 36.8 Å². The molecular weight excluding hydrogens is 437 g/mol. The number of nitrogens with zero attached hydrogens (tertiary/aromatic N) is 3. The molecule has 0 N–H and O–H groups in total. The highest BCUT2D eigenvalue weighted by molar-refractivity contribution is 8.01. The van der Waals surface area contributed by atoms with Crippen LogP contribution in [0, 0.1) is 5.82 Å². The average Bonchev–Trinajstić information content (AvgIpc) is 3.05. The van der Waals surface area contributed by atoms with Crippen LogP contribution in [0.2, 0.25) is 0 Å². The molecule has 0 radical (unpaired) electrons. The summed E-state index contributed by atoms with van der Waals surface area (Å²) in [6.45, 7) is 2.11. The summed E-state index contributed by atoms with van der Waals surface area (Å²) in [6, 6.07) is 14.8. The van der Waals surface area contributed by atoms with Gasteiger partial charge in [0, 0.05) is 31.7 Å². The minimum Gasteiger partial charge on any atom is -0.324 e. The van der Waals surface area contributed by atoms with E-state index < -0.39 is 10.0 Å². The Kier molecular flexibility index (Phi) is 6.00. The lowest BCUT2D eigenvalue weighted by Crippen LogP contribution is -2.39. The second-order valence-corrected chi connectivity index (χ2v) is 10.8. The number of sulfonamides is 1. The van der Waals surface area contributed by atoms with E-state index in [1.54, 1.807) is 35.4 Å². The maximum Gasteiger partial charge on any atom is 0.245 e. The SMILES string of the molecule is CC1SC(c2cccc(F)c2)N(CCN(C)S(=O)(=O)c2cccc3cccnc23)C1=O. The predicted octanol–water partition coefficient (Wildman–Crippen LogP) is 3.66. The number of benzene rings is 2. The number of aromatic nitrogens is 1. The van der Waals surface area contributed by atoms with E-state index in [9.17, 15) is 17.6 Å². The third kappa shape index (κ3) is 4.17. The molecule has 2 unspecified atom stereocenters. The van der Waals surface area contributed by atoms with E-state index in [-0.39, 0.29) is 40.3 Å². The van der Waals surface area contributed by atoms with Gasteiger partial charge in [0.25, 0.3) is 0 Å². The molecule has 6 nitrogen and oxygen atoms in total. The van der Waals surface area contributed by atoms with Crippen molar-refractivity contribution < 1.29 is 17.6 Å². The van der Waals surface area contributed by atoms with Crippen LogP contribution in [0.5, 0.6) is 0 Å². The largest absolute Gasteiger partial charge is 0.324 e. The number of pyridine rings is 1. The van der Waals surface area contributed by atoms with E-state index in [1.165, 1.54) is 41.3 Å². The van der Waals surface area contributed by atoms with E-state index in [0.29, 0.717) is 11.1 Å². The van der Waals surface area contributed by atoms with Crippen LogP contribution in [-0.2, 0) is 14.8 Å². The van der Waals surface area contributed by atoms with Gasteiger partial charge in [-0.3, -0.25) is 9.78 Å². The van der Waals surface area contributed by atoms with Gasteiger partial charge in [-0.1, -0.05) is 30.3 Å². The zero-order valence-electron chi connectivity index (χ0n) is 17.1. The number of thioether (sulfide) groups is 1. The average molecular weight is 460 g/mol. The maximum absolute atomic E-state index is 13.7. The Morgan fingerprint density at radius 3 is 2.68 bits per heavy atom. The number of hydrogen-bond donors (Lipinski definition) is 0. The molecule has 2 atom stereocenters. The maximum atomic E-state index is 13.7. The quantitative estimate of drug-likeness (QED) is 0.563. The van der Waals surface area contributed by atoms with E-state index >= 15 is 0 Å². The molecule has 4 rings (SSSR count). The molecule has 2 aromatic carbocycles. The van der Waals surface area contributed by atoms with Gasteiger partial charge in [-0.25, -0.2) is 12.8 Å². The second kappa shape index (κ2) is 8.57. The van der Waals surface area contributed by atoms with Crippen LogP contribution in [0.4, 0.5) is 4.39 Å². The molecule has 0 spiro atoms. The summed E-state index contributed by atoms with van der Waals surface area (Å²) < 4.78 is 41.4. The van der Waals surface area contributed by atoms with Crippen molar-refractivity contribution in [1.29, 1.82) is 0 Å². The number of likely N-dealkylation sites (N-methyl/N-ethyl adjacent to an activating group) is 1. The van der Waals surface area contributed by atoms with E-state index in [2.05, 4.69) is 4.98 Å².